The van der Waals surface area contributed by atoms with E-state index in [9.17, 15) is 4.79 Å². The molecule has 4 rings (SSSR count). The molecule has 152 valence electrons. The number of hydrogen-bond acceptors (Lipinski definition) is 3. The van der Waals surface area contributed by atoms with Crippen LogP contribution in [-0.2, 0) is 0 Å². The SMILES string of the molecule is Cc1ccc(Cl)cc1-n1c(C)cc(C=Nn2c(C)nc3ccc(Br)cc3c2=O)c1C. The lowest BCUT2D eigenvalue weighted by Crippen LogP contribution is -2.20. The van der Waals surface area contributed by atoms with Gasteiger partial charge < -0.3 is 4.57 Å². The maximum atomic E-state index is 13.0. The molecule has 2 aromatic heterocycles. The first-order valence-electron chi connectivity index (χ1n) is 9.45. The molecular formula is C23H20BrClN4O. The van der Waals surface area contributed by atoms with Gasteiger partial charge in [0.15, 0.2) is 0 Å². The van der Waals surface area contributed by atoms with E-state index in [0.717, 1.165) is 32.7 Å². The highest BCUT2D eigenvalue weighted by Crippen LogP contribution is 2.25. The predicted molar refractivity (Wildman–Crippen MR) is 126 cm³/mol. The maximum absolute atomic E-state index is 13.0. The first-order chi connectivity index (χ1) is 14.3. The molecule has 0 saturated carbocycles. The van der Waals surface area contributed by atoms with E-state index in [4.69, 9.17) is 11.6 Å². The summed E-state index contributed by atoms with van der Waals surface area (Å²) in [6.45, 7) is 7.90. The molecule has 0 bridgehead atoms. The Kier molecular flexibility index (Phi) is 5.38. The number of aryl methyl sites for hydroxylation is 3. The third-order valence-corrected chi connectivity index (χ3v) is 5.89. The highest BCUT2D eigenvalue weighted by molar-refractivity contribution is 9.10. The normalized spacial score (nSPS) is 11.7. The lowest BCUT2D eigenvalue weighted by Gasteiger charge is -2.13. The standard InChI is InChI=1S/C23H20BrClN4O/c1-13-5-7-19(25)11-22(13)28-14(2)9-17(15(28)3)12-26-29-16(4)27-21-8-6-18(24)10-20(21)23(29)30/h5-12H,1-4H3. The van der Waals surface area contributed by atoms with Gasteiger partial charge in [-0.2, -0.15) is 9.78 Å². The van der Waals surface area contributed by atoms with Crippen LogP contribution in [0.1, 0.15) is 28.3 Å². The van der Waals surface area contributed by atoms with Gasteiger partial charge in [0, 0.05) is 32.1 Å². The number of fused-ring (bicyclic) bond motifs is 1. The van der Waals surface area contributed by atoms with Crippen molar-refractivity contribution >= 4 is 44.6 Å². The van der Waals surface area contributed by atoms with Crippen molar-refractivity contribution in [3.05, 3.63) is 90.7 Å². The van der Waals surface area contributed by atoms with Crippen LogP contribution in [0.2, 0.25) is 5.02 Å². The van der Waals surface area contributed by atoms with E-state index < -0.39 is 0 Å². The van der Waals surface area contributed by atoms with Gasteiger partial charge in [-0.05, 0) is 69.7 Å². The summed E-state index contributed by atoms with van der Waals surface area (Å²) in [7, 11) is 0. The molecule has 0 aliphatic carbocycles. The van der Waals surface area contributed by atoms with Gasteiger partial charge in [0.25, 0.3) is 5.56 Å². The molecule has 0 saturated heterocycles. The number of nitrogens with zero attached hydrogens (tertiary/aromatic N) is 4. The zero-order valence-corrected chi connectivity index (χ0v) is 19.4. The zero-order valence-electron chi connectivity index (χ0n) is 17.1. The van der Waals surface area contributed by atoms with E-state index in [1.807, 2.05) is 50.2 Å². The highest BCUT2D eigenvalue weighted by atomic mass is 79.9. The number of aromatic nitrogens is 3. The van der Waals surface area contributed by atoms with Crippen molar-refractivity contribution in [1.82, 2.24) is 14.2 Å². The van der Waals surface area contributed by atoms with Gasteiger partial charge in [-0.25, -0.2) is 4.98 Å². The minimum atomic E-state index is -0.199. The first-order valence-corrected chi connectivity index (χ1v) is 10.6. The van der Waals surface area contributed by atoms with Gasteiger partial charge in [0.05, 0.1) is 17.1 Å². The molecule has 0 aliphatic heterocycles. The summed E-state index contributed by atoms with van der Waals surface area (Å²) < 4.78 is 4.31. The number of benzene rings is 2. The summed E-state index contributed by atoms with van der Waals surface area (Å²) in [6, 6.07) is 13.4. The molecule has 0 amide bonds. The lowest BCUT2D eigenvalue weighted by molar-refractivity contribution is 0.770. The second-order valence-electron chi connectivity index (χ2n) is 7.27. The monoisotopic (exact) mass is 482 g/mol. The minimum Gasteiger partial charge on any atom is -0.318 e. The van der Waals surface area contributed by atoms with Crippen LogP contribution in [0.3, 0.4) is 0 Å². The average Bonchev–Trinajstić information content (AvgIpc) is 2.97. The van der Waals surface area contributed by atoms with Gasteiger partial charge in [-0.15, -0.1) is 0 Å². The van der Waals surface area contributed by atoms with Crippen molar-refractivity contribution in [3.8, 4) is 5.69 Å². The van der Waals surface area contributed by atoms with Gasteiger partial charge in [-0.3, -0.25) is 4.79 Å². The third-order valence-electron chi connectivity index (χ3n) is 5.16. The van der Waals surface area contributed by atoms with Crippen LogP contribution in [0.5, 0.6) is 0 Å². The summed E-state index contributed by atoms with van der Waals surface area (Å²) >= 11 is 9.64. The van der Waals surface area contributed by atoms with Crippen molar-refractivity contribution in [3.63, 3.8) is 0 Å². The summed E-state index contributed by atoms with van der Waals surface area (Å²) in [5, 5.41) is 5.68. The van der Waals surface area contributed by atoms with E-state index in [-0.39, 0.29) is 5.56 Å². The van der Waals surface area contributed by atoms with E-state index in [1.165, 1.54) is 4.68 Å². The summed E-state index contributed by atoms with van der Waals surface area (Å²) in [5.74, 6) is 0.533. The van der Waals surface area contributed by atoms with Crippen molar-refractivity contribution < 1.29 is 0 Å². The van der Waals surface area contributed by atoms with Crippen LogP contribution < -0.4 is 5.56 Å². The topological polar surface area (TPSA) is 52.2 Å². The first kappa shape index (κ1) is 20.6. The Bertz CT molecular complexity index is 1380. The van der Waals surface area contributed by atoms with E-state index in [2.05, 4.69) is 37.5 Å². The number of halogens is 2. The molecule has 30 heavy (non-hydrogen) atoms. The summed E-state index contributed by atoms with van der Waals surface area (Å²) in [5.41, 5.74) is 5.61. The van der Waals surface area contributed by atoms with Gasteiger partial charge in [-0.1, -0.05) is 33.6 Å². The Morgan fingerprint density at radius 1 is 1.07 bits per heavy atom. The smallest absolute Gasteiger partial charge is 0.282 e. The maximum Gasteiger partial charge on any atom is 0.282 e. The van der Waals surface area contributed by atoms with Crippen LogP contribution >= 0.6 is 27.5 Å². The van der Waals surface area contributed by atoms with Gasteiger partial charge in [0.2, 0.25) is 0 Å². The molecule has 0 fully saturated rings. The van der Waals surface area contributed by atoms with Crippen LogP contribution in [0.4, 0.5) is 0 Å². The molecule has 0 atom stereocenters. The van der Waals surface area contributed by atoms with Gasteiger partial charge >= 0.3 is 0 Å². The molecule has 2 heterocycles. The van der Waals surface area contributed by atoms with Crippen LogP contribution in [0.25, 0.3) is 16.6 Å². The van der Waals surface area contributed by atoms with Gasteiger partial charge in [0.1, 0.15) is 5.82 Å². The van der Waals surface area contributed by atoms with Crippen molar-refractivity contribution in [1.29, 1.82) is 0 Å². The molecule has 0 radical (unpaired) electrons. The van der Waals surface area contributed by atoms with E-state index in [0.29, 0.717) is 21.7 Å². The van der Waals surface area contributed by atoms with Crippen LogP contribution in [-0.4, -0.2) is 20.4 Å². The molecule has 0 unspecified atom stereocenters. The Labute approximate surface area is 187 Å². The van der Waals surface area contributed by atoms with E-state index in [1.54, 1.807) is 19.2 Å². The molecule has 4 aromatic rings. The Balaban J connectivity index is 1.81. The fraction of sp³-hybridized carbons (Fsp3) is 0.174. The molecular weight excluding hydrogens is 464 g/mol. The fourth-order valence-electron chi connectivity index (χ4n) is 3.63. The second kappa shape index (κ2) is 7.85. The minimum absolute atomic E-state index is 0.199. The zero-order chi connectivity index (χ0) is 21.6. The fourth-order valence-corrected chi connectivity index (χ4v) is 4.16. The summed E-state index contributed by atoms with van der Waals surface area (Å²) in [4.78, 5) is 17.5. The molecule has 0 aliphatic rings. The molecule has 0 spiro atoms. The van der Waals surface area contributed by atoms with Crippen molar-refractivity contribution in [2.75, 3.05) is 0 Å². The Hall–Kier alpha value is -2.70. The largest absolute Gasteiger partial charge is 0.318 e. The predicted octanol–water partition coefficient (Wildman–Crippen LogP) is 5.72. The molecule has 7 heteroatoms. The summed E-state index contributed by atoms with van der Waals surface area (Å²) in [6.07, 6.45) is 1.71. The molecule has 2 aromatic carbocycles. The van der Waals surface area contributed by atoms with E-state index >= 15 is 0 Å². The molecule has 0 N–H and O–H groups in total. The number of hydrogen-bond donors (Lipinski definition) is 0. The Morgan fingerprint density at radius 3 is 2.60 bits per heavy atom. The lowest BCUT2D eigenvalue weighted by atomic mass is 10.2. The molecule has 5 nitrogen and oxygen atoms in total. The third kappa shape index (κ3) is 3.61. The van der Waals surface area contributed by atoms with Crippen molar-refractivity contribution in [2.45, 2.75) is 27.7 Å². The second-order valence-corrected chi connectivity index (χ2v) is 8.63. The average molecular weight is 484 g/mol. The quantitative estimate of drug-likeness (QED) is 0.350. The Morgan fingerprint density at radius 2 is 1.83 bits per heavy atom. The number of rotatable bonds is 3. The highest BCUT2D eigenvalue weighted by Gasteiger charge is 2.13. The van der Waals surface area contributed by atoms with Crippen LogP contribution in [0.15, 0.2) is 56.8 Å². The van der Waals surface area contributed by atoms with Crippen molar-refractivity contribution in [2.24, 2.45) is 5.10 Å². The van der Waals surface area contributed by atoms with Crippen LogP contribution in [0, 0.1) is 27.7 Å².